The molecule has 92 valence electrons. The van der Waals surface area contributed by atoms with Crippen LogP contribution in [0.3, 0.4) is 0 Å². The van der Waals surface area contributed by atoms with Gasteiger partial charge in [-0.2, -0.15) is 0 Å². The van der Waals surface area contributed by atoms with Crippen LogP contribution in [0.2, 0.25) is 0 Å². The number of carbonyl (C=O) groups excluding carboxylic acids is 1. The van der Waals surface area contributed by atoms with Crippen molar-refractivity contribution in [3.8, 4) is 10.6 Å². The second kappa shape index (κ2) is 4.61. The van der Waals surface area contributed by atoms with Crippen molar-refractivity contribution in [3.63, 3.8) is 0 Å². The highest BCUT2D eigenvalue weighted by Crippen LogP contribution is 2.33. The lowest BCUT2D eigenvalue weighted by Gasteiger charge is -2.06. The van der Waals surface area contributed by atoms with Gasteiger partial charge in [0.05, 0.1) is 5.69 Å². The molecule has 1 aliphatic carbocycles. The van der Waals surface area contributed by atoms with Crippen molar-refractivity contribution in [3.05, 3.63) is 40.2 Å². The van der Waals surface area contributed by atoms with E-state index in [2.05, 4.69) is 4.98 Å². The number of carbonyl (C=O) groups is 1. The van der Waals surface area contributed by atoms with E-state index >= 15 is 0 Å². The molecule has 18 heavy (non-hydrogen) atoms. The summed E-state index contributed by atoms with van der Waals surface area (Å²) in [6.07, 6.45) is 5.17. The van der Waals surface area contributed by atoms with Crippen LogP contribution in [-0.4, -0.2) is 11.3 Å². The summed E-state index contributed by atoms with van der Waals surface area (Å²) in [5.74, 6) is -0.387. The number of halogens is 1. The van der Waals surface area contributed by atoms with Crippen molar-refractivity contribution >= 4 is 17.6 Å². The topological polar surface area (TPSA) is 30.0 Å². The van der Waals surface area contributed by atoms with Gasteiger partial charge in [-0.25, -0.2) is 9.37 Å². The first-order valence-electron chi connectivity index (χ1n) is 6.01. The molecule has 1 aromatic carbocycles. The van der Waals surface area contributed by atoms with Gasteiger partial charge in [0, 0.05) is 16.0 Å². The molecular weight excluding hydrogens is 249 g/mol. The standard InChI is InChI=1S/C14H12FNOS/c15-10-5-6-11(9(7-10)8-17)14-16-12-3-1-2-4-13(12)18-14/h5-8H,1-4H2. The van der Waals surface area contributed by atoms with Crippen molar-refractivity contribution in [2.24, 2.45) is 0 Å². The fourth-order valence-corrected chi connectivity index (χ4v) is 3.49. The van der Waals surface area contributed by atoms with Crippen LogP contribution in [0.25, 0.3) is 10.6 Å². The molecule has 0 atom stereocenters. The number of nitrogens with zero attached hydrogens (tertiary/aromatic N) is 1. The Morgan fingerprint density at radius 2 is 2.11 bits per heavy atom. The molecule has 0 aliphatic heterocycles. The first kappa shape index (κ1) is 11.5. The average Bonchev–Trinajstić information content (AvgIpc) is 2.82. The summed E-state index contributed by atoms with van der Waals surface area (Å²) in [7, 11) is 0. The first-order chi connectivity index (χ1) is 8.78. The maximum Gasteiger partial charge on any atom is 0.150 e. The Morgan fingerprint density at radius 3 is 2.89 bits per heavy atom. The van der Waals surface area contributed by atoms with Gasteiger partial charge in [-0.15, -0.1) is 11.3 Å². The second-order valence-electron chi connectivity index (χ2n) is 4.45. The lowest BCUT2D eigenvalue weighted by Crippen LogP contribution is -1.99. The van der Waals surface area contributed by atoms with E-state index < -0.39 is 0 Å². The number of aryl methyl sites for hydroxylation is 2. The monoisotopic (exact) mass is 261 g/mol. The molecule has 0 saturated carbocycles. The number of fused-ring (bicyclic) bond motifs is 1. The van der Waals surface area contributed by atoms with Crippen LogP contribution in [0, 0.1) is 5.82 Å². The third-order valence-electron chi connectivity index (χ3n) is 3.22. The fourth-order valence-electron chi connectivity index (χ4n) is 2.29. The summed E-state index contributed by atoms with van der Waals surface area (Å²) in [6.45, 7) is 0. The number of hydrogen-bond donors (Lipinski definition) is 0. The third kappa shape index (κ3) is 1.97. The van der Waals surface area contributed by atoms with Gasteiger partial charge in [-0.05, 0) is 43.9 Å². The zero-order valence-electron chi connectivity index (χ0n) is 9.78. The summed E-state index contributed by atoms with van der Waals surface area (Å²) in [4.78, 5) is 16.9. The van der Waals surface area contributed by atoms with Crippen LogP contribution >= 0.6 is 11.3 Å². The second-order valence-corrected chi connectivity index (χ2v) is 5.53. The van der Waals surface area contributed by atoms with Crippen LogP contribution in [0.1, 0.15) is 33.8 Å². The number of rotatable bonds is 2. The molecule has 0 unspecified atom stereocenters. The Bertz CT molecular complexity index is 582. The highest BCUT2D eigenvalue weighted by molar-refractivity contribution is 7.15. The van der Waals surface area contributed by atoms with Gasteiger partial charge in [0.15, 0.2) is 6.29 Å². The predicted octanol–water partition coefficient (Wildman–Crippen LogP) is 3.64. The first-order valence-corrected chi connectivity index (χ1v) is 6.83. The molecule has 0 saturated heterocycles. The van der Waals surface area contributed by atoms with E-state index in [0.717, 1.165) is 29.1 Å². The van der Waals surface area contributed by atoms with E-state index in [1.807, 2.05) is 0 Å². The SMILES string of the molecule is O=Cc1cc(F)ccc1-c1nc2c(s1)CCCC2. The van der Waals surface area contributed by atoms with Crippen LogP contribution < -0.4 is 0 Å². The molecule has 0 spiro atoms. The number of hydrogen-bond acceptors (Lipinski definition) is 3. The van der Waals surface area contributed by atoms with Crippen molar-refractivity contribution in [2.45, 2.75) is 25.7 Å². The molecule has 3 rings (SSSR count). The van der Waals surface area contributed by atoms with Crippen LogP contribution in [0.4, 0.5) is 4.39 Å². The van der Waals surface area contributed by atoms with Gasteiger partial charge in [0.1, 0.15) is 10.8 Å². The maximum atomic E-state index is 13.1. The van der Waals surface area contributed by atoms with Crippen molar-refractivity contribution in [2.75, 3.05) is 0 Å². The quantitative estimate of drug-likeness (QED) is 0.772. The Hall–Kier alpha value is -1.55. The number of benzene rings is 1. The third-order valence-corrected chi connectivity index (χ3v) is 4.41. The van der Waals surface area contributed by atoms with Crippen molar-refractivity contribution in [1.29, 1.82) is 0 Å². The summed E-state index contributed by atoms with van der Waals surface area (Å²) in [6, 6.07) is 4.29. The molecule has 0 N–H and O–H groups in total. The molecule has 0 fully saturated rings. The molecule has 1 aliphatic rings. The fraction of sp³-hybridized carbons (Fsp3) is 0.286. The minimum Gasteiger partial charge on any atom is -0.298 e. The summed E-state index contributed by atoms with van der Waals surface area (Å²) in [5, 5.41) is 0.837. The van der Waals surface area contributed by atoms with Gasteiger partial charge in [0.2, 0.25) is 0 Å². The van der Waals surface area contributed by atoms with E-state index in [-0.39, 0.29) is 5.82 Å². The maximum absolute atomic E-state index is 13.1. The Balaban J connectivity index is 2.09. The largest absolute Gasteiger partial charge is 0.298 e. The molecule has 0 amide bonds. The van der Waals surface area contributed by atoms with E-state index in [0.29, 0.717) is 11.8 Å². The summed E-state index contributed by atoms with van der Waals surface area (Å²) in [5.41, 5.74) is 2.27. The molecule has 1 aromatic heterocycles. The molecular formula is C14H12FNOS. The van der Waals surface area contributed by atoms with E-state index in [9.17, 15) is 9.18 Å². The number of aromatic nitrogens is 1. The minimum absolute atomic E-state index is 0.376. The van der Waals surface area contributed by atoms with E-state index in [4.69, 9.17) is 0 Å². The Morgan fingerprint density at radius 1 is 1.28 bits per heavy atom. The summed E-state index contributed by atoms with van der Waals surface area (Å²) < 4.78 is 13.1. The summed E-state index contributed by atoms with van der Waals surface area (Å²) >= 11 is 1.63. The van der Waals surface area contributed by atoms with Gasteiger partial charge in [-0.1, -0.05) is 0 Å². The highest BCUT2D eigenvalue weighted by Gasteiger charge is 2.17. The normalized spacial score (nSPS) is 14.3. The number of aldehydes is 1. The zero-order valence-corrected chi connectivity index (χ0v) is 10.6. The Labute approximate surface area is 108 Å². The molecule has 4 heteroatoms. The average molecular weight is 261 g/mol. The van der Waals surface area contributed by atoms with Gasteiger partial charge < -0.3 is 0 Å². The van der Waals surface area contributed by atoms with E-state index in [1.165, 1.54) is 29.9 Å². The minimum atomic E-state index is -0.387. The molecule has 1 heterocycles. The van der Waals surface area contributed by atoms with Crippen molar-refractivity contribution < 1.29 is 9.18 Å². The number of thiazole rings is 1. The molecule has 2 aromatic rings. The van der Waals surface area contributed by atoms with E-state index in [1.54, 1.807) is 17.4 Å². The van der Waals surface area contributed by atoms with Gasteiger partial charge in [0.25, 0.3) is 0 Å². The van der Waals surface area contributed by atoms with Gasteiger partial charge in [-0.3, -0.25) is 4.79 Å². The molecule has 0 bridgehead atoms. The smallest absolute Gasteiger partial charge is 0.150 e. The highest BCUT2D eigenvalue weighted by atomic mass is 32.1. The van der Waals surface area contributed by atoms with Crippen LogP contribution in [0.5, 0.6) is 0 Å². The zero-order chi connectivity index (χ0) is 12.5. The van der Waals surface area contributed by atoms with Crippen molar-refractivity contribution in [1.82, 2.24) is 4.98 Å². The van der Waals surface area contributed by atoms with Gasteiger partial charge >= 0.3 is 0 Å². The molecule has 0 radical (unpaired) electrons. The molecule has 2 nitrogen and oxygen atoms in total. The lowest BCUT2D eigenvalue weighted by atomic mass is 10.0. The van der Waals surface area contributed by atoms with Crippen LogP contribution in [0.15, 0.2) is 18.2 Å². The van der Waals surface area contributed by atoms with Crippen LogP contribution in [-0.2, 0) is 12.8 Å². The lowest BCUT2D eigenvalue weighted by molar-refractivity contribution is 0.112. The predicted molar refractivity (Wildman–Crippen MR) is 69.5 cm³/mol. The Kier molecular flexibility index (Phi) is 2.96.